The summed E-state index contributed by atoms with van der Waals surface area (Å²) in [6.07, 6.45) is 3.85. The average Bonchev–Trinajstić information content (AvgIpc) is 2.19. The van der Waals surface area contributed by atoms with E-state index in [0.717, 1.165) is 0 Å². The van der Waals surface area contributed by atoms with Gasteiger partial charge in [-0.05, 0) is 6.92 Å². The molecule has 0 aliphatic rings. The molecule has 0 aliphatic heterocycles. The molecule has 4 heteroatoms. The number of halogens is 1. The van der Waals surface area contributed by atoms with E-state index in [1.54, 1.807) is 6.92 Å². The lowest BCUT2D eigenvalue weighted by Crippen LogP contribution is -3.00. The number of hydrogen-bond acceptors (Lipinski definition) is 2. The lowest BCUT2D eigenvalue weighted by molar-refractivity contribution is -0.697. The minimum atomic E-state index is -0.332. The van der Waals surface area contributed by atoms with Gasteiger partial charge < -0.3 is 17.1 Å². The van der Waals surface area contributed by atoms with Crippen molar-refractivity contribution in [2.24, 2.45) is 0 Å². The summed E-state index contributed by atoms with van der Waals surface area (Å²) >= 11 is 0. The smallest absolute Gasteiger partial charge is 0.333 e. The van der Waals surface area contributed by atoms with Crippen LogP contribution >= 0.6 is 0 Å². The van der Waals surface area contributed by atoms with Crippen LogP contribution < -0.4 is 17.0 Å². The van der Waals surface area contributed by atoms with Gasteiger partial charge in [-0.1, -0.05) is 12.6 Å². The first-order chi connectivity index (χ1) is 6.70. The summed E-state index contributed by atoms with van der Waals surface area (Å²) < 4.78 is 6.90. The Kier molecular flexibility index (Phi) is 6.38. The summed E-state index contributed by atoms with van der Waals surface area (Å²) in [5.41, 5.74) is 0.433. The number of esters is 1. The number of hydrogen-bond donors (Lipinski definition) is 0. The maximum Gasteiger partial charge on any atom is 0.333 e. The molecule has 0 atom stereocenters. The Balaban J connectivity index is 0.00000196. The highest BCUT2D eigenvalue weighted by atomic mass is 35.5. The molecule has 0 aromatic carbocycles. The van der Waals surface area contributed by atoms with Gasteiger partial charge in [-0.2, -0.15) is 0 Å². The molecule has 0 fully saturated rings. The summed E-state index contributed by atoms with van der Waals surface area (Å²) in [5, 5.41) is 0. The molecule has 0 bridgehead atoms. The quantitative estimate of drug-likeness (QED) is 0.342. The van der Waals surface area contributed by atoms with Crippen molar-refractivity contribution in [3.63, 3.8) is 0 Å². The Bertz CT molecular complexity index is 325. The average molecular weight is 228 g/mol. The van der Waals surface area contributed by atoms with E-state index in [9.17, 15) is 4.79 Å². The Morgan fingerprint density at radius 2 is 1.93 bits per heavy atom. The lowest BCUT2D eigenvalue weighted by atomic mass is 10.4. The number of rotatable bonds is 4. The van der Waals surface area contributed by atoms with Gasteiger partial charge in [0.15, 0.2) is 25.5 Å². The minimum absolute atomic E-state index is 0. The predicted molar refractivity (Wildman–Crippen MR) is 52.4 cm³/mol. The van der Waals surface area contributed by atoms with Gasteiger partial charge in [0.2, 0.25) is 0 Å². The van der Waals surface area contributed by atoms with Crippen molar-refractivity contribution in [3.8, 4) is 0 Å². The van der Waals surface area contributed by atoms with Crippen LogP contribution in [-0.2, 0) is 16.1 Å². The molecule has 1 heterocycles. The summed E-state index contributed by atoms with van der Waals surface area (Å²) in [4.78, 5) is 11.0. The molecule has 0 saturated carbocycles. The van der Waals surface area contributed by atoms with Gasteiger partial charge in [-0.3, -0.25) is 0 Å². The van der Waals surface area contributed by atoms with Gasteiger partial charge in [0, 0.05) is 17.7 Å². The molecule has 82 valence electrons. The molecule has 0 amide bonds. The number of carbonyl (C=O) groups is 1. The van der Waals surface area contributed by atoms with Crippen molar-refractivity contribution in [2.75, 3.05) is 6.61 Å². The van der Waals surface area contributed by atoms with Gasteiger partial charge in [0.05, 0.1) is 0 Å². The van der Waals surface area contributed by atoms with Crippen LogP contribution in [0.5, 0.6) is 0 Å². The minimum Gasteiger partial charge on any atom is -1.00 e. The molecule has 0 aliphatic carbocycles. The van der Waals surface area contributed by atoms with Gasteiger partial charge in [0.1, 0.15) is 0 Å². The lowest BCUT2D eigenvalue weighted by Gasteiger charge is -2.00. The highest BCUT2D eigenvalue weighted by Crippen LogP contribution is 1.91. The topological polar surface area (TPSA) is 30.2 Å². The van der Waals surface area contributed by atoms with Crippen LogP contribution in [-0.4, -0.2) is 12.6 Å². The second-order valence-electron chi connectivity index (χ2n) is 3.03. The second kappa shape index (κ2) is 7.01. The molecule has 0 radical (unpaired) electrons. The summed E-state index contributed by atoms with van der Waals surface area (Å²) in [6, 6.07) is 5.80. The van der Waals surface area contributed by atoms with Gasteiger partial charge >= 0.3 is 5.97 Å². The largest absolute Gasteiger partial charge is 1.00 e. The van der Waals surface area contributed by atoms with E-state index in [1.807, 2.05) is 35.2 Å². The highest BCUT2D eigenvalue weighted by Gasteiger charge is 2.04. The van der Waals surface area contributed by atoms with E-state index >= 15 is 0 Å². The molecule has 0 unspecified atom stereocenters. The third-order valence-electron chi connectivity index (χ3n) is 1.71. The number of nitrogens with zero attached hydrogens (tertiary/aromatic N) is 1. The second-order valence-corrected chi connectivity index (χ2v) is 3.03. The SMILES string of the molecule is C=C(C)C(=O)OCC[n+]1ccccc1.[Cl-]. The van der Waals surface area contributed by atoms with Crippen molar-refractivity contribution >= 4 is 5.97 Å². The van der Waals surface area contributed by atoms with Crippen LogP contribution in [0.1, 0.15) is 6.92 Å². The fourth-order valence-electron chi connectivity index (χ4n) is 0.950. The van der Waals surface area contributed by atoms with Crippen LogP contribution in [0.2, 0.25) is 0 Å². The molecule has 0 saturated heterocycles. The first-order valence-electron chi connectivity index (χ1n) is 4.47. The Labute approximate surface area is 95.8 Å². The van der Waals surface area contributed by atoms with Crippen molar-refractivity contribution in [3.05, 3.63) is 42.7 Å². The van der Waals surface area contributed by atoms with Crippen LogP contribution in [0.3, 0.4) is 0 Å². The Morgan fingerprint density at radius 1 is 1.33 bits per heavy atom. The Morgan fingerprint density at radius 3 is 2.47 bits per heavy atom. The standard InChI is InChI=1S/C11H14NO2.ClH/c1-10(2)11(13)14-9-8-12-6-4-3-5-7-12;/h3-7H,1,8-9H2,2H3;1H/q+1;/p-1. The molecule has 15 heavy (non-hydrogen) atoms. The maximum atomic E-state index is 11.0. The van der Waals surface area contributed by atoms with Crippen molar-refractivity contribution in [1.29, 1.82) is 0 Å². The Hall–Kier alpha value is -1.35. The third-order valence-corrected chi connectivity index (χ3v) is 1.71. The number of carbonyl (C=O) groups excluding carboxylic acids is 1. The monoisotopic (exact) mass is 227 g/mol. The molecule has 0 N–H and O–H groups in total. The van der Waals surface area contributed by atoms with Gasteiger partial charge in [0.25, 0.3) is 0 Å². The first kappa shape index (κ1) is 13.7. The molecule has 3 nitrogen and oxygen atoms in total. The van der Waals surface area contributed by atoms with Crippen molar-refractivity contribution in [1.82, 2.24) is 0 Å². The summed E-state index contributed by atoms with van der Waals surface area (Å²) in [7, 11) is 0. The molecular formula is C11H14ClNO2. The van der Waals surface area contributed by atoms with E-state index in [-0.39, 0.29) is 18.4 Å². The normalized spacial score (nSPS) is 8.87. The fourth-order valence-corrected chi connectivity index (χ4v) is 0.950. The molecule has 1 rings (SSSR count). The number of pyridine rings is 1. The number of aromatic nitrogens is 1. The van der Waals surface area contributed by atoms with Crippen LogP contribution in [0.25, 0.3) is 0 Å². The van der Waals surface area contributed by atoms with E-state index in [2.05, 4.69) is 6.58 Å². The van der Waals surface area contributed by atoms with E-state index in [1.165, 1.54) is 0 Å². The molecule has 1 aromatic heterocycles. The molecule has 1 aromatic rings. The van der Waals surface area contributed by atoms with Crippen LogP contribution in [0.15, 0.2) is 42.7 Å². The van der Waals surface area contributed by atoms with Crippen molar-refractivity contribution < 1.29 is 26.5 Å². The number of ether oxygens (including phenoxy) is 1. The predicted octanol–water partition coefficient (Wildman–Crippen LogP) is -1.90. The zero-order valence-electron chi connectivity index (χ0n) is 8.65. The van der Waals surface area contributed by atoms with E-state index in [0.29, 0.717) is 18.7 Å². The van der Waals surface area contributed by atoms with Gasteiger partial charge in [-0.15, -0.1) is 0 Å². The molecule has 0 spiro atoms. The van der Waals surface area contributed by atoms with E-state index < -0.39 is 0 Å². The fraction of sp³-hybridized carbons (Fsp3) is 0.273. The third kappa shape index (κ3) is 5.18. The molecular weight excluding hydrogens is 214 g/mol. The van der Waals surface area contributed by atoms with Gasteiger partial charge in [-0.25, -0.2) is 9.36 Å². The van der Waals surface area contributed by atoms with E-state index in [4.69, 9.17) is 4.74 Å². The van der Waals surface area contributed by atoms with Crippen LogP contribution in [0.4, 0.5) is 0 Å². The summed E-state index contributed by atoms with van der Waals surface area (Å²) in [6.45, 7) is 6.18. The maximum absolute atomic E-state index is 11.0. The summed E-state index contributed by atoms with van der Waals surface area (Å²) in [5.74, 6) is -0.332. The highest BCUT2D eigenvalue weighted by molar-refractivity contribution is 5.86. The van der Waals surface area contributed by atoms with Crippen molar-refractivity contribution in [2.45, 2.75) is 13.5 Å². The van der Waals surface area contributed by atoms with Crippen LogP contribution in [0, 0.1) is 0 Å². The first-order valence-corrected chi connectivity index (χ1v) is 4.47. The zero-order chi connectivity index (χ0) is 10.4. The zero-order valence-corrected chi connectivity index (χ0v) is 9.41.